The van der Waals surface area contributed by atoms with Gasteiger partial charge in [0.2, 0.25) is 0 Å². The van der Waals surface area contributed by atoms with Gasteiger partial charge in [0.25, 0.3) is 11.7 Å². The molecule has 0 saturated carbocycles. The van der Waals surface area contributed by atoms with Crippen molar-refractivity contribution in [1.29, 1.82) is 0 Å². The summed E-state index contributed by atoms with van der Waals surface area (Å²) in [5, 5.41) is 0. The molecule has 0 radical (unpaired) electrons. The lowest BCUT2D eigenvalue weighted by Gasteiger charge is -2.16. The zero-order valence-electron chi connectivity index (χ0n) is 8.87. The molecule has 0 atom stereocenters. The van der Waals surface area contributed by atoms with Crippen molar-refractivity contribution in [3.05, 3.63) is 41.7 Å². The van der Waals surface area contributed by atoms with Crippen LogP contribution in [-0.2, 0) is 4.79 Å². The zero-order chi connectivity index (χ0) is 12.6. The van der Waals surface area contributed by atoms with E-state index in [-0.39, 0.29) is 23.7 Å². The minimum atomic E-state index is -0.670. The summed E-state index contributed by atoms with van der Waals surface area (Å²) in [5.74, 6) is -1.60. The predicted molar refractivity (Wildman–Crippen MR) is 62.9 cm³/mol. The van der Waals surface area contributed by atoms with Crippen LogP contribution in [0.5, 0.6) is 0 Å². The first-order valence-corrected chi connectivity index (χ1v) is 5.46. The number of carbonyl (C=O) groups excluding carboxylic acids is 2. The maximum absolute atomic E-state index is 13.1. The molecule has 0 unspecified atom stereocenters. The Bertz CT molecular complexity index is 527. The first kappa shape index (κ1) is 11.8. The number of benzene rings is 1. The molecule has 0 spiro atoms. The number of fused-ring (bicyclic) bond motifs is 1. The first-order valence-electron chi connectivity index (χ1n) is 4.93. The van der Waals surface area contributed by atoms with Gasteiger partial charge in [-0.15, -0.1) is 11.6 Å². The molecule has 2 rings (SSSR count). The second kappa shape index (κ2) is 4.30. The fraction of sp³-hybridized carbons (Fsp3) is 0.167. The third-order valence-electron chi connectivity index (χ3n) is 2.51. The van der Waals surface area contributed by atoms with Crippen molar-refractivity contribution in [2.45, 2.75) is 0 Å². The molecule has 5 heteroatoms. The molecule has 0 saturated heterocycles. The minimum absolute atomic E-state index is 0.129. The Hall–Kier alpha value is -1.68. The van der Waals surface area contributed by atoms with Crippen LogP contribution in [0.25, 0.3) is 0 Å². The molecule has 0 bridgehead atoms. The molecule has 3 nitrogen and oxygen atoms in total. The van der Waals surface area contributed by atoms with E-state index in [4.69, 9.17) is 11.6 Å². The number of hydrogen-bond acceptors (Lipinski definition) is 2. The molecule has 88 valence electrons. The van der Waals surface area contributed by atoms with Crippen molar-refractivity contribution < 1.29 is 14.0 Å². The van der Waals surface area contributed by atoms with Crippen LogP contribution in [-0.4, -0.2) is 24.1 Å². The molecule has 0 aromatic heterocycles. The van der Waals surface area contributed by atoms with E-state index < -0.39 is 17.5 Å². The smallest absolute Gasteiger partial charge is 0.299 e. The van der Waals surface area contributed by atoms with Gasteiger partial charge in [-0.05, 0) is 23.8 Å². The molecule has 0 fully saturated rings. The standard InChI is InChI=1S/C12H9ClFNO2/c1-7(5-13)6-15-10-4-8(14)2-3-9(10)11(16)12(15)17/h2-4H,1,5-6H2. The lowest BCUT2D eigenvalue weighted by atomic mass is 10.1. The number of nitrogens with zero attached hydrogens (tertiary/aromatic N) is 1. The number of halogens is 2. The van der Waals surface area contributed by atoms with E-state index in [1.54, 1.807) is 0 Å². The highest BCUT2D eigenvalue weighted by molar-refractivity contribution is 6.52. The molecule has 0 N–H and O–H groups in total. The highest BCUT2D eigenvalue weighted by Crippen LogP contribution is 2.30. The second-order valence-electron chi connectivity index (χ2n) is 3.77. The average molecular weight is 254 g/mol. The highest BCUT2D eigenvalue weighted by Gasteiger charge is 2.35. The Morgan fingerprint density at radius 2 is 2.12 bits per heavy atom. The quantitative estimate of drug-likeness (QED) is 0.470. The zero-order valence-corrected chi connectivity index (χ0v) is 9.63. The Morgan fingerprint density at radius 3 is 2.76 bits per heavy atom. The fourth-order valence-corrected chi connectivity index (χ4v) is 1.77. The Labute approximate surface area is 102 Å². The maximum atomic E-state index is 13.1. The van der Waals surface area contributed by atoms with Gasteiger partial charge in [0.1, 0.15) is 5.82 Å². The lowest BCUT2D eigenvalue weighted by molar-refractivity contribution is -0.114. The van der Waals surface area contributed by atoms with E-state index in [0.717, 1.165) is 6.07 Å². The van der Waals surface area contributed by atoms with Crippen LogP contribution in [0, 0.1) is 5.82 Å². The van der Waals surface area contributed by atoms with Gasteiger partial charge in [0, 0.05) is 12.4 Å². The average Bonchev–Trinajstić information content (AvgIpc) is 2.54. The summed E-state index contributed by atoms with van der Waals surface area (Å²) in [6.07, 6.45) is 0. The maximum Gasteiger partial charge on any atom is 0.299 e. The summed E-state index contributed by atoms with van der Waals surface area (Å²) < 4.78 is 13.1. The SMILES string of the molecule is C=C(CCl)CN1C(=O)C(=O)c2ccc(F)cc21. The normalized spacial score (nSPS) is 14.1. The fourth-order valence-electron chi connectivity index (χ4n) is 1.69. The summed E-state index contributed by atoms with van der Waals surface area (Å²) in [5.41, 5.74) is 1.09. The van der Waals surface area contributed by atoms with Gasteiger partial charge in [0.05, 0.1) is 11.3 Å². The number of ketones is 1. The monoisotopic (exact) mass is 253 g/mol. The molecule has 1 heterocycles. The largest absolute Gasteiger partial charge is 0.301 e. The minimum Gasteiger partial charge on any atom is -0.301 e. The van der Waals surface area contributed by atoms with Crippen molar-refractivity contribution in [3.63, 3.8) is 0 Å². The molecule has 1 aromatic carbocycles. The van der Waals surface area contributed by atoms with Gasteiger partial charge >= 0.3 is 0 Å². The van der Waals surface area contributed by atoms with Crippen LogP contribution in [0.4, 0.5) is 10.1 Å². The third-order valence-corrected chi connectivity index (χ3v) is 2.88. The number of alkyl halides is 1. The van der Waals surface area contributed by atoms with Crippen LogP contribution in [0.3, 0.4) is 0 Å². The molecule has 0 aliphatic carbocycles. The summed E-state index contributed by atoms with van der Waals surface area (Å²) in [6, 6.07) is 3.64. The summed E-state index contributed by atoms with van der Waals surface area (Å²) in [6.45, 7) is 3.79. The van der Waals surface area contributed by atoms with E-state index in [0.29, 0.717) is 5.57 Å². The summed E-state index contributed by atoms with van der Waals surface area (Å²) in [7, 11) is 0. The Kier molecular flexibility index (Phi) is 2.98. The van der Waals surface area contributed by atoms with E-state index in [2.05, 4.69) is 6.58 Å². The van der Waals surface area contributed by atoms with Gasteiger partial charge in [-0.2, -0.15) is 0 Å². The van der Waals surface area contributed by atoms with E-state index in [1.807, 2.05) is 0 Å². The molecule has 1 aromatic rings. The van der Waals surface area contributed by atoms with Gasteiger partial charge in [0.15, 0.2) is 0 Å². The highest BCUT2D eigenvalue weighted by atomic mass is 35.5. The number of amides is 1. The van der Waals surface area contributed by atoms with Gasteiger partial charge in [-0.3, -0.25) is 9.59 Å². The number of carbonyl (C=O) groups is 2. The van der Waals surface area contributed by atoms with Gasteiger partial charge in [-0.1, -0.05) is 6.58 Å². The van der Waals surface area contributed by atoms with Crippen molar-refractivity contribution in [2.75, 3.05) is 17.3 Å². The van der Waals surface area contributed by atoms with Crippen LogP contribution < -0.4 is 4.90 Å². The summed E-state index contributed by atoms with van der Waals surface area (Å²) in [4.78, 5) is 24.5. The molecular formula is C12H9ClFNO2. The van der Waals surface area contributed by atoms with Crippen molar-refractivity contribution in [2.24, 2.45) is 0 Å². The van der Waals surface area contributed by atoms with Crippen LogP contribution in [0.2, 0.25) is 0 Å². The number of rotatable bonds is 3. The number of Topliss-reactive ketones (excluding diaryl/α,β-unsaturated/α-hetero) is 1. The van der Waals surface area contributed by atoms with Crippen LogP contribution >= 0.6 is 11.6 Å². The van der Waals surface area contributed by atoms with E-state index >= 15 is 0 Å². The number of hydrogen-bond donors (Lipinski definition) is 0. The van der Waals surface area contributed by atoms with Gasteiger partial charge < -0.3 is 4.90 Å². The predicted octanol–water partition coefficient (Wildman–Crippen LogP) is 2.15. The third kappa shape index (κ3) is 1.96. The molecular weight excluding hydrogens is 245 g/mol. The first-order chi connectivity index (χ1) is 8.04. The Morgan fingerprint density at radius 1 is 1.41 bits per heavy atom. The molecule has 1 amide bonds. The number of anilines is 1. The molecule has 17 heavy (non-hydrogen) atoms. The molecule has 1 aliphatic rings. The topological polar surface area (TPSA) is 37.4 Å². The van der Waals surface area contributed by atoms with Crippen LogP contribution in [0.1, 0.15) is 10.4 Å². The second-order valence-corrected chi connectivity index (χ2v) is 4.03. The lowest BCUT2D eigenvalue weighted by Crippen LogP contribution is -2.31. The van der Waals surface area contributed by atoms with Crippen molar-refractivity contribution in [3.8, 4) is 0 Å². The Balaban J connectivity index is 2.42. The van der Waals surface area contributed by atoms with E-state index in [9.17, 15) is 14.0 Å². The van der Waals surface area contributed by atoms with Crippen LogP contribution in [0.15, 0.2) is 30.4 Å². The van der Waals surface area contributed by atoms with E-state index in [1.165, 1.54) is 17.0 Å². The van der Waals surface area contributed by atoms with Gasteiger partial charge in [-0.25, -0.2) is 4.39 Å². The summed E-state index contributed by atoms with van der Waals surface area (Å²) >= 11 is 5.58. The van der Waals surface area contributed by atoms with Crippen molar-refractivity contribution in [1.82, 2.24) is 0 Å². The molecule has 1 aliphatic heterocycles. The van der Waals surface area contributed by atoms with Crippen molar-refractivity contribution >= 4 is 29.0 Å².